The predicted octanol–water partition coefficient (Wildman–Crippen LogP) is 0.798. The Morgan fingerprint density at radius 3 is 2.69 bits per heavy atom. The van der Waals surface area contributed by atoms with Gasteiger partial charge in [-0.05, 0) is 38.6 Å². The molecule has 2 bridgehead atoms. The van der Waals surface area contributed by atoms with Gasteiger partial charge in [0.25, 0.3) is 0 Å². The van der Waals surface area contributed by atoms with E-state index in [0.717, 1.165) is 25.9 Å². The van der Waals surface area contributed by atoms with Crippen LogP contribution < -0.4 is 5.32 Å². The second-order valence-electron chi connectivity index (χ2n) is 5.07. The zero-order chi connectivity index (χ0) is 11.8. The number of hydrogen-bond acceptors (Lipinski definition) is 3. The van der Waals surface area contributed by atoms with Gasteiger partial charge in [-0.3, -0.25) is 0 Å². The highest BCUT2D eigenvalue weighted by atomic mass is 32.2. The lowest BCUT2D eigenvalue weighted by atomic mass is 10.1. The van der Waals surface area contributed by atoms with E-state index in [4.69, 9.17) is 0 Å². The van der Waals surface area contributed by atoms with Gasteiger partial charge in [-0.25, -0.2) is 8.42 Å². The van der Waals surface area contributed by atoms with Gasteiger partial charge in [-0.2, -0.15) is 4.31 Å². The average molecular weight is 246 g/mol. The SMILES string of the molecule is CCNCC(C)S(=O)(=O)N1CC2CCC1C2. The van der Waals surface area contributed by atoms with E-state index >= 15 is 0 Å². The van der Waals surface area contributed by atoms with Crippen molar-refractivity contribution >= 4 is 10.0 Å². The largest absolute Gasteiger partial charge is 0.316 e. The molecule has 4 nitrogen and oxygen atoms in total. The summed E-state index contributed by atoms with van der Waals surface area (Å²) in [7, 11) is -3.07. The second kappa shape index (κ2) is 4.63. The summed E-state index contributed by atoms with van der Waals surface area (Å²) in [5.41, 5.74) is 0. The summed E-state index contributed by atoms with van der Waals surface area (Å²) in [6, 6.07) is 0.305. The van der Waals surface area contributed by atoms with E-state index in [1.807, 2.05) is 13.8 Å². The third-order valence-corrected chi connectivity index (χ3v) is 6.16. The van der Waals surface area contributed by atoms with Gasteiger partial charge >= 0.3 is 0 Å². The predicted molar refractivity (Wildman–Crippen MR) is 64.8 cm³/mol. The number of sulfonamides is 1. The number of nitrogens with one attached hydrogen (secondary N) is 1. The summed E-state index contributed by atoms with van der Waals surface area (Å²) in [5.74, 6) is 0.631. The van der Waals surface area contributed by atoms with Crippen molar-refractivity contribution in [2.75, 3.05) is 19.6 Å². The van der Waals surface area contributed by atoms with Crippen LogP contribution in [0.3, 0.4) is 0 Å². The first-order valence-corrected chi connectivity index (χ1v) is 7.77. The lowest BCUT2D eigenvalue weighted by molar-refractivity contribution is 0.329. The minimum Gasteiger partial charge on any atom is -0.316 e. The molecule has 0 spiro atoms. The maximum atomic E-state index is 12.3. The summed E-state index contributed by atoms with van der Waals surface area (Å²) in [4.78, 5) is 0. The number of rotatable bonds is 5. The van der Waals surface area contributed by atoms with Crippen LogP contribution in [0.2, 0.25) is 0 Å². The van der Waals surface area contributed by atoms with Gasteiger partial charge in [0.1, 0.15) is 0 Å². The zero-order valence-electron chi connectivity index (χ0n) is 10.1. The van der Waals surface area contributed by atoms with Crippen molar-refractivity contribution in [1.29, 1.82) is 0 Å². The molecule has 0 aromatic heterocycles. The molecule has 2 rings (SSSR count). The van der Waals surface area contributed by atoms with Crippen LogP contribution in [-0.2, 0) is 10.0 Å². The number of fused-ring (bicyclic) bond motifs is 2. The Hall–Kier alpha value is -0.130. The highest BCUT2D eigenvalue weighted by molar-refractivity contribution is 7.89. The molecule has 1 saturated heterocycles. The molecule has 1 aliphatic heterocycles. The van der Waals surface area contributed by atoms with Crippen molar-refractivity contribution in [2.24, 2.45) is 5.92 Å². The summed E-state index contributed by atoms with van der Waals surface area (Å²) >= 11 is 0. The Balaban J connectivity index is 2.02. The highest BCUT2D eigenvalue weighted by Crippen LogP contribution is 2.39. The molecule has 16 heavy (non-hydrogen) atoms. The van der Waals surface area contributed by atoms with E-state index in [1.165, 1.54) is 6.42 Å². The van der Waals surface area contributed by atoms with E-state index in [0.29, 0.717) is 18.5 Å². The van der Waals surface area contributed by atoms with Gasteiger partial charge in [0, 0.05) is 19.1 Å². The number of nitrogens with zero attached hydrogens (tertiary/aromatic N) is 1. The fourth-order valence-corrected chi connectivity index (χ4v) is 4.69. The molecule has 0 radical (unpaired) electrons. The third kappa shape index (κ3) is 2.13. The normalized spacial score (nSPS) is 32.1. The van der Waals surface area contributed by atoms with E-state index < -0.39 is 10.0 Å². The fourth-order valence-electron chi connectivity index (χ4n) is 2.88. The summed E-state index contributed by atoms with van der Waals surface area (Å²) in [6.45, 7) is 5.96. The summed E-state index contributed by atoms with van der Waals surface area (Å²) in [6.07, 6.45) is 3.38. The Morgan fingerprint density at radius 1 is 1.44 bits per heavy atom. The average Bonchev–Trinajstić information content (AvgIpc) is 2.87. The maximum Gasteiger partial charge on any atom is 0.218 e. The Labute approximate surface area is 98.4 Å². The van der Waals surface area contributed by atoms with Crippen LogP contribution in [0.15, 0.2) is 0 Å². The van der Waals surface area contributed by atoms with E-state index in [2.05, 4.69) is 5.32 Å². The standard InChI is InChI=1S/C11H22N2O2S/c1-3-12-7-9(2)16(14,15)13-8-10-4-5-11(13)6-10/h9-12H,3-8H2,1-2H3. The Kier molecular flexibility index (Phi) is 3.56. The molecule has 3 atom stereocenters. The van der Waals surface area contributed by atoms with Gasteiger partial charge < -0.3 is 5.32 Å². The molecule has 1 heterocycles. The van der Waals surface area contributed by atoms with E-state index in [-0.39, 0.29) is 5.25 Å². The summed E-state index contributed by atoms with van der Waals surface area (Å²) in [5, 5.41) is 2.82. The van der Waals surface area contributed by atoms with Crippen molar-refractivity contribution in [3.8, 4) is 0 Å². The molecule has 0 aromatic rings. The molecule has 0 amide bonds. The molecular weight excluding hydrogens is 224 g/mol. The van der Waals surface area contributed by atoms with E-state index in [9.17, 15) is 8.42 Å². The topological polar surface area (TPSA) is 49.4 Å². The molecule has 3 unspecified atom stereocenters. The van der Waals surface area contributed by atoms with Crippen molar-refractivity contribution in [3.05, 3.63) is 0 Å². The lowest BCUT2D eigenvalue weighted by Crippen LogP contribution is -2.45. The van der Waals surface area contributed by atoms with Crippen LogP contribution in [0.25, 0.3) is 0 Å². The molecule has 1 aliphatic carbocycles. The maximum absolute atomic E-state index is 12.3. The molecule has 0 aromatic carbocycles. The summed E-state index contributed by atoms with van der Waals surface area (Å²) < 4.78 is 26.4. The molecule has 94 valence electrons. The van der Waals surface area contributed by atoms with Crippen LogP contribution in [0.1, 0.15) is 33.1 Å². The molecule has 1 N–H and O–H groups in total. The third-order valence-electron chi connectivity index (χ3n) is 3.88. The zero-order valence-corrected chi connectivity index (χ0v) is 11.0. The first-order chi connectivity index (χ1) is 7.55. The minimum absolute atomic E-state index is 0.299. The molecule has 5 heteroatoms. The second-order valence-corrected chi connectivity index (χ2v) is 7.37. The minimum atomic E-state index is -3.07. The first kappa shape index (κ1) is 12.3. The molecule has 1 saturated carbocycles. The highest BCUT2D eigenvalue weighted by Gasteiger charge is 2.45. The van der Waals surface area contributed by atoms with Crippen molar-refractivity contribution in [3.63, 3.8) is 0 Å². The quantitative estimate of drug-likeness (QED) is 0.780. The molecule has 2 fully saturated rings. The fraction of sp³-hybridized carbons (Fsp3) is 1.00. The van der Waals surface area contributed by atoms with E-state index in [1.54, 1.807) is 4.31 Å². The van der Waals surface area contributed by atoms with Crippen molar-refractivity contribution < 1.29 is 8.42 Å². The van der Waals surface area contributed by atoms with Gasteiger partial charge in [0.05, 0.1) is 5.25 Å². The Morgan fingerprint density at radius 2 is 2.19 bits per heavy atom. The van der Waals surface area contributed by atoms with Crippen LogP contribution in [0.5, 0.6) is 0 Å². The van der Waals surface area contributed by atoms with Crippen molar-refractivity contribution in [1.82, 2.24) is 9.62 Å². The Bertz CT molecular complexity index is 342. The smallest absolute Gasteiger partial charge is 0.218 e. The van der Waals surface area contributed by atoms with Gasteiger partial charge in [0.2, 0.25) is 10.0 Å². The first-order valence-electron chi connectivity index (χ1n) is 6.27. The molecular formula is C11H22N2O2S. The number of hydrogen-bond donors (Lipinski definition) is 1. The van der Waals surface area contributed by atoms with Crippen LogP contribution >= 0.6 is 0 Å². The van der Waals surface area contributed by atoms with Gasteiger partial charge in [-0.15, -0.1) is 0 Å². The lowest BCUT2D eigenvalue weighted by Gasteiger charge is -2.29. The van der Waals surface area contributed by atoms with Crippen LogP contribution in [0, 0.1) is 5.92 Å². The van der Waals surface area contributed by atoms with Crippen molar-refractivity contribution in [2.45, 2.75) is 44.4 Å². The number of piperidine rings is 1. The van der Waals surface area contributed by atoms with Gasteiger partial charge in [-0.1, -0.05) is 6.92 Å². The van der Waals surface area contributed by atoms with Gasteiger partial charge in [0.15, 0.2) is 0 Å². The molecule has 2 aliphatic rings. The van der Waals surface area contributed by atoms with Crippen LogP contribution in [-0.4, -0.2) is 43.6 Å². The monoisotopic (exact) mass is 246 g/mol. The van der Waals surface area contributed by atoms with Crippen LogP contribution in [0.4, 0.5) is 0 Å².